The molecule has 0 saturated carbocycles. The summed E-state index contributed by atoms with van der Waals surface area (Å²) in [5.41, 5.74) is -1.75. The first-order valence-corrected chi connectivity index (χ1v) is 32.4. The van der Waals surface area contributed by atoms with Gasteiger partial charge in [-0.05, 0) is 84.5 Å². The number of azo groups is 2. The highest BCUT2D eigenvalue weighted by Crippen LogP contribution is 2.49. The molecule has 0 unspecified atom stereocenters. The van der Waals surface area contributed by atoms with Gasteiger partial charge in [0.15, 0.2) is 23.8 Å². The maximum atomic E-state index is 15.0. The topological polar surface area (TPSA) is 547 Å². The van der Waals surface area contributed by atoms with Crippen LogP contribution in [0.1, 0.15) is 12.0 Å². The van der Waals surface area contributed by atoms with Gasteiger partial charge < -0.3 is 45.7 Å². The molecule has 0 aliphatic heterocycles. The molecule has 0 bridgehead atoms. The minimum atomic E-state index is -5.46. The second kappa shape index (κ2) is 30.4. The largest absolute Gasteiger partial charge is 0.505 e. The number of nitrogens with zero attached hydrogens (tertiary/aromatic N) is 10. The van der Waals surface area contributed by atoms with Gasteiger partial charge in [-0.25, -0.2) is 10.5 Å². The number of methoxy groups -OCH3 is 2. The number of aromatic nitrogens is 6. The van der Waals surface area contributed by atoms with Crippen molar-refractivity contribution in [1.82, 2.24) is 29.9 Å². The zero-order valence-corrected chi connectivity index (χ0v) is 51.6. The number of halogens is 2. The Kier molecular flexibility index (Phi) is 22.9. The van der Waals surface area contributed by atoms with Gasteiger partial charge in [0.05, 0.1) is 72.1 Å². The van der Waals surface area contributed by atoms with E-state index in [9.17, 15) is 66.5 Å². The van der Waals surface area contributed by atoms with E-state index in [0.29, 0.717) is 43.3 Å². The minimum Gasteiger partial charge on any atom is -0.505 e. The van der Waals surface area contributed by atoms with E-state index in [2.05, 4.69) is 90.4 Å². The Balaban J connectivity index is 0.948. The van der Waals surface area contributed by atoms with Crippen molar-refractivity contribution in [2.24, 2.45) is 20.5 Å². The quantitative estimate of drug-likeness (QED) is 0.00471. The van der Waals surface area contributed by atoms with Crippen molar-refractivity contribution in [2.45, 2.75) is 37.3 Å². The number of ether oxygens (including phenoxy) is 3. The molecule has 2 aromatic heterocycles. The molecule has 0 fully saturated rings. The zero-order valence-electron chi connectivity index (χ0n) is 46.7. The van der Waals surface area contributed by atoms with E-state index >= 15 is 4.39 Å². The van der Waals surface area contributed by atoms with Gasteiger partial charge in [-0.2, -0.15) is 72.4 Å². The highest BCUT2D eigenvalue weighted by molar-refractivity contribution is 7.94. The molecule has 38 nitrogen and oxygen atoms in total. The van der Waals surface area contributed by atoms with Crippen LogP contribution < -0.4 is 30.7 Å². The van der Waals surface area contributed by atoms with Gasteiger partial charge in [0.2, 0.25) is 23.8 Å². The van der Waals surface area contributed by atoms with Gasteiger partial charge in [0.25, 0.3) is 40.5 Å². The van der Waals surface area contributed by atoms with Gasteiger partial charge in [-0.1, -0.05) is 16.1 Å². The number of hydrogen-bond donors (Lipinski definition) is 12. The molecule has 8 rings (SSSR count). The highest BCUT2D eigenvalue weighted by Gasteiger charge is 2.29. The Morgan fingerprint density at radius 1 is 0.559 bits per heavy atom. The predicted molar refractivity (Wildman–Crippen MR) is 316 cm³/mol. The van der Waals surface area contributed by atoms with Gasteiger partial charge in [0, 0.05) is 35.3 Å². The second-order valence-electron chi connectivity index (χ2n) is 18.0. The molecule has 0 aliphatic rings. The summed E-state index contributed by atoms with van der Waals surface area (Å²) in [6.07, 6.45) is -1.91. The summed E-state index contributed by atoms with van der Waals surface area (Å²) in [6.45, 7) is -0.433. The number of benzene rings is 6. The van der Waals surface area contributed by atoms with Crippen molar-refractivity contribution >= 4 is 144 Å². The number of hydrogen-bond acceptors (Lipinski definition) is 36. The first-order valence-electron chi connectivity index (χ1n) is 25.2. The summed E-state index contributed by atoms with van der Waals surface area (Å²) in [4.78, 5) is 18.3. The van der Waals surface area contributed by atoms with Crippen LogP contribution in [0.15, 0.2) is 118 Å². The van der Waals surface area contributed by atoms with Crippen molar-refractivity contribution in [3.63, 3.8) is 0 Å². The minimum absolute atomic E-state index is 0.127. The van der Waals surface area contributed by atoms with Crippen molar-refractivity contribution in [2.75, 3.05) is 68.4 Å². The molecular formula is C47H44F2N14O24S6. The molecule has 12 N–H and O–H groups in total. The summed E-state index contributed by atoms with van der Waals surface area (Å²) in [7, 11) is -18.2. The summed E-state index contributed by atoms with van der Waals surface area (Å²) in [6, 6.07) is 13.0. The molecule has 93 heavy (non-hydrogen) atoms. The lowest BCUT2D eigenvalue weighted by atomic mass is 10.1. The first-order chi connectivity index (χ1) is 44.1. The van der Waals surface area contributed by atoms with E-state index in [0.717, 1.165) is 55.1 Å². The van der Waals surface area contributed by atoms with E-state index in [1.54, 1.807) is 18.2 Å². The van der Waals surface area contributed by atoms with Crippen LogP contribution in [-0.4, -0.2) is 150 Å². The van der Waals surface area contributed by atoms with Crippen LogP contribution >= 0.6 is 24.4 Å². The standard InChI is InChI=1S/C47H44F2N14O24S6/c1-80-32-10-5-22(4-3-13-83-89-87-85-67)16-30(32)61-62-37-34(88-86-84-66)18-23-17-25(91(71,72)73)19-31(36(23)40(37)65)53-47-57-43(49)55-45(59-47)51-12-15-82-14-11-50-44-54-42(48)56-46(58-44)52-29-9-7-26-27(41(29)93(77,78)79)21-35(92(74,75)76)38(39(26)64)63-60-28-8-6-24(90(68,69)70)20-33(28)81-2/h5-10,16-21,64-67H,3-4,11-15H2,1-2H3,(H,68,69,70)(H,71,72,73)(H,74,75,76)(H,77,78,79)(H2,50,52,54,56,58)(H2,51,53,55,57,59). The smallest absolute Gasteiger partial charge is 0.315 e. The number of nitrogens with one attached hydrogen (secondary N) is 4. The third-order valence-electron chi connectivity index (χ3n) is 12.1. The lowest BCUT2D eigenvalue weighted by Crippen LogP contribution is -2.17. The molecule has 0 aliphatic carbocycles. The number of rotatable bonds is 32. The van der Waals surface area contributed by atoms with Crippen molar-refractivity contribution in [1.29, 1.82) is 0 Å². The summed E-state index contributed by atoms with van der Waals surface area (Å²) in [5.74, 6) is -4.09. The Morgan fingerprint density at radius 2 is 1.17 bits per heavy atom. The van der Waals surface area contributed by atoms with E-state index in [1.165, 1.54) is 13.2 Å². The van der Waals surface area contributed by atoms with E-state index in [4.69, 9.17) is 28.9 Å². The lowest BCUT2D eigenvalue weighted by Gasteiger charge is -2.15. The molecular weight excluding hydrogens is 1370 g/mol. The number of aromatic hydroxyl groups is 2. The van der Waals surface area contributed by atoms with Crippen LogP contribution in [0.25, 0.3) is 21.5 Å². The molecule has 0 radical (unpaired) electrons. The van der Waals surface area contributed by atoms with E-state index in [-0.39, 0.29) is 82.8 Å². The molecule has 2 heterocycles. The Bertz CT molecular complexity index is 4670. The molecule has 6 aromatic carbocycles. The van der Waals surface area contributed by atoms with Crippen LogP contribution in [0.4, 0.5) is 66.7 Å². The number of aryl methyl sites for hydroxylation is 1. The maximum Gasteiger partial charge on any atom is 0.315 e. The molecule has 496 valence electrons. The van der Waals surface area contributed by atoms with Crippen LogP contribution in [-0.2, 0) is 74.6 Å². The average Bonchev–Trinajstić information content (AvgIpc) is 0.753. The van der Waals surface area contributed by atoms with Crippen molar-refractivity contribution in [3.8, 4) is 23.0 Å². The van der Waals surface area contributed by atoms with Crippen LogP contribution in [0.2, 0.25) is 0 Å². The highest BCUT2D eigenvalue weighted by atomic mass is 32.2. The SMILES string of the molecule is COc1cc(S(=O)(=O)O)ccc1N=Nc1c(S(=O)(=O)O)cc2c(S(=O)(=O)O)c(Nc3nc(F)nc(NCCOCCNc4nc(F)nc(Nc5cc(S(=O)(=O)O)cc6cc(SOOO)c(N=Nc7cc(CCCOSOOO)ccc7OC)c(O)c56)n4)n3)ccc2c1O. The van der Waals surface area contributed by atoms with Crippen LogP contribution in [0.3, 0.4) is 0 Å². The van der Waals surface area contributed by atoms with Gasteiger partial charge in [-0.15, -0.1) is 29.1 Å². The number of phenols is 2. The molecule has 46 heteroatoms. The summed E-state index contributed by atoms with van der Waals surface area (Å²) in [5, 5.41) is 72.1. The fourth-order valence-corrected chi connectivity index (χ4v) is 11.5. The summed E-state index contributed by atoms with van der Waals surface area (Å²) < 4.78 is 199. The van der Waals surface area contributed by atoms with E-state index in [1.807, 2.05) is 0 Å². The second-order valence-corrected chi connectivity index (χ2v) is 24.8. The molecule has 0 atom stereocenters. The Morgan fingerprint density at radius 3 is 1.77 bits per heavy atom. The number of anilines is 6. The number of fused-ring (bicyclic) bond motifs is 2. The van der Waals surface area contributed by atoms with Crippen LogP contribution in [0, 0.1) is 12.2 Å². The zero-order chi connectivity index (χ0) is 67.4. The molecule has 0 amide bonds. The monoisotopic (exact) mass is 1420 g/mol. The third kappa shape index (κ3) is 18.1. The maximum absolute atomic E-state index is 15.0. The van der Waals surface area contributed by atoms with E-state index < -0.39 is 130 Å². The predicted octanol–water partition coefficient (Wildman–Crippen LogP) is 8.28. The summed E-state index contributed by atoms with van der Waals surface area (Å²) >= 11 is 0.704. The normalized spacial score (nSPS) is 12.3. The Hall–Kier alpha value is -8.66. The Labute approximate surface area is 529 Å². The van der Waals surface area contributed by atoms with Gasteiger partial charge >= 0.3 is 12.2 Å². The molecule has 0 spiro atoms. The lowest BCUT2D eigenvalue weighted by molar-refractivity contribution is -0.434. The fourth-order valence-electron chi connectivity index (χ4n) is 8.24. The van der Waals surface area contributed by atoms with Crippen LogP contribution in [0.5, 0.6) is 23.0 Å². The average molecular weight is 1420 g/mol. The number of phenolic OH excluding ortho intramolecular Hbond substituents is 2. The molecule has 0 saturated heterocycles. The fraction of sp³-hybridized carbons (Fsp3) is 0.191. The molecule has 8 aromatic rings. The van der Waals surface area contributed by atoms with Gasteiger partial charge in [0.1, 0.15) is 44.0 Å². The van der Waals surface area contributed by atoms with Gasteiger partial charge in [-0.3, -0.25) is 22.4 Å². The first kappa shape index (κ1) is 70.2. The van der Waals surface area contributed by atoms with Crippen molar-refractivity contribution in [3.05, 3.63) is 90.5 Å². The van der Waals surface area contributed by atoms with Crippen molar-refractivity contribution < 1.29 is 119 Å². The third-order valence-corrected chi connectivity index (χ3v) is 16.6.